The van der Waals surface area contributed by atoms with Gasteiger partial charge in [0.15, 0.2) is 0 Å². The molecule has 1 fully saturated rings. The third-order valence-electron chi connectivity index (χ3n) is 4.44. The fourth-order valence-electron chi connectivity index (χ4n) is 3.03. The molecule has 24 heavy (non-hydrogen) atoms. The van der Waals surface area contributed by atoms with Crippen LogP contribution >= 0.6 is 11.3 Å². The van der Waals surface area contributed by atoms with Gasteiger partial charge in [-0.2, -0.15) is 0 Å². The Morgan fingerprint density at radius 3 is 2.46 bits per heavy atom. The molecule has 0 spiro atoms. The van der Waals surface area contributed by atoms with E-state index in [1.807, 2.05) is 6.92 Å². The summed E-state index contributed by atoms with van der Waals surface area (Å²) in [7, 11) is -3.68. The molecule has 0 radical (unpaired) electrons. The van der Waals surface area contributed by atoms with Crippen LogP contribution < -0.4 is 4.72 Å². The molecule has 4 nitrogen and oxygen atoms in total. The average Bonchev–Trinajstić information content (AvgIpc) is 2.87. The number of halogens is 2. The summed E-state index contributed by atoms with van der Waals surface area (Å²) in [5, 5.41) is 0. The number of aromatic nitrogens is 1. The summed E-state index contributed by atoms with van der Waals surface area (Å²) >= 11 is 1.41. The van der Waals surface area contributed by atoms with Gasteiger partial charge in [0, 0.05) is 10.4 Å². The zero-order valence-electron chi connectivity index (χ0n) is 13.2. The first kappa shape index (κ1) is 17.4. The molecule has 0 atom stereocenters. The van der Waals surface area contributed by atoms with Gasteiger partial charge in [0.2, 0.25) is 10.0 Å². The van der Waals surface area contributed by atoms with Gasteiger partial charge < -0.3 is 0 Å². The molecule has 1 aromatic heterocycles. The summed E-state index contributed by atoms with van der Waals surface area (Å²) in [4.78, 5) is 5.00. The van der Waals surface area contributed by atoms with Crippen molar-refractivity contribution in [2.45, 2.75) is 38.1 Å². The van der Waals surface area contributed by atoms with Crippen LogP contribution in [0.25, 0.3) is 0 Å². The van der Waals surface area contributed by atoms with Crippen molar-refractivity contribution in [2.75, 3.05) is 5.75 Å². The Morgan fingerprint density at radius 1 is 1.29 bits per heavy atom. The molecule has 3 rings (SSSR count). The highest BCUT2D eigenvalue weighted by atomic mass is 32.2. The van der Waals surface area contributed by atoms with E-state index in [0.717, 1.165) is 29.1 Å². The quantitative estimate of drug-likeness (QED) is 0.847. The van der Waals surface area contributed by atoms with E-state index in [2.05, 4.69) is 9.71 Å². The van der Waals surface area contributed by atoms with Gasteiger partial charge in [0.1, 0.15) is 11.6 Å². The van der Waals surface area contributed by atoms with E-state index in [1.165, 1.54) is 17.4 Å². The Kier molecular flexibility index (Phi) is 4.72. The average molecular weight is 372 g/mol. The minimum Gasteiger partial charge on any atom is -0.250 e. The molecular weight excluding hydrogens is 354 g/mol. The highest BCUT2D eigenvalue weighted by molar-refractivity contribution is 7.89. The number of hydrogen-bond donors (Lipinski definition) is 1. The molecule has 0 aliphatic heterocycles. The van der Waals surface area contributed by atoms with Crippen molar-refractivity contribution in [3.63, 3.8) is 0 Å². The summed E-state index contributed by atoms with van der Waals surface area (Å²) in [5.41, 5.74) is 1.15. The van der Waals surface area contributed by atoms with Crippen LogP contribution in [0, 0.1) is 18.6 Å². The summed E-state index contributed by atoms with van der Waals surface area (Å²) in [5.74, 6) is -1.56. The summed E-state index contributed by atoms with van der Waals surface area (Å²) in [6.45, 7) is 1.83. The van der Waals surface area contributed by atoms with Gasteiger partial charge >= 0.3 is 0 Å². The topological polar surface area (TPSA) is 59.1 Å². The Morgan fingerprint density at radius 2 is 1.96 bits per heavy atom. The molecule has 8 heteroatoms. The molecule has 0 unspecified atom stereocenters. The predicted octanol–water partition coefficient (Wildman–Crippen LogP) is 3.27. The van der Waals surface area contributed by atoms with Crippen molar-refractivity contribution >= 4 is 21.4 Å². The van der Waals surface area contributed by atoms with Gasteiger partial charge in [-0.15, -0.1) is 11.3 Å². The van der Waals surface area contributed by atoms with Gasteiger partial charge in [-0.05, 0) is 44.7 Å². The molecule has 0 saturated heterocycles. The number of sulfonamides is 1. The van der Waals surface area contributed by atoms with E-state index in [9.17, 15) is 17.2 Å². The second-order valence-electron chi connectivity index (χ2n) is 6.06. The van der Waals surface area contributed by atoms with E-state index < -0.39 is 27.2 Å². The smallest absolute Gasteiger partial charge is 0.212 e. The number of rotatable bonds is 6. The molecule has 0 bridgehead atoms. The van der Waals surface area contributed by atoms with Crippen LogP contribution in [0.5, 0.6) is 0 Å². The lowest BCUT2D eigenvalue weighted by atomic mass is 9.72. The molecule has 1 N–H and O–H groups in total. The fraction of sp³-hybridized carbons (Fsp3) is 0.438. The van der Waals surface area contributed by atoms with Crippen LogP contribution in [-0.2, 0) is 22.0 Å². The SMILES string of the molecule is Cc1ncsc1CCS(=O)(=O)NC1(c2c(F)cccc2F)CCC1. The number of hydrogen-bond acceptors (Lipinski definition) is 4. The second kappa shape index (κ2) is 6.50. The van der Waals surface area contributed by atoms with Crippen molar-refractivity contribution in [2.24, 2.45) is 0 Å². The minimum absolute atomic E-state index is 0.131. The molecule has 130 valence electrons. The molecular formula is C16H18F2N2O2S2. The van der Waals surface area contributed by atoms with E-state index in [4.69, 9.17) is 0 Å². The van der Waals surface area contributed by atoms with Gasteiger partial charge in [0.25, 0.3) is 0 Å². The third kappa shape index (κ3) is 3.36. The van der Waals surface area contributed by atoms with E-state index in [1.54, 1.807) is 5.51 Å². The Labute approximate surface area is 144 Å². The maximum absolute atomic E-state index is 14.1. The number of nitrogens with zero attached hydrogens (tertiary/aromatic N) is 1. The molecule has 1 heterocycles. The maximum Gasteiger partial charge on any atom is 0.212 e. The normalized spacial score (nSPS) is 16.8. The van der Waals surface area contributed by atoms with E-state index in [-0.39, 0.29) is 11.3 Å². The number of thiazole rings is 1. The van der Waals surface area contributed by atoms with Crippen molar-refractivity contribution < 1.29 is 17.2 Å². The van der Waals surface area contributed by atoms with Gasteiger partial charge in [-0.25, -0.2) is 26.9 Å². The van der Waals surface area contributed by atoms with Crippen molar-refractivity contribution in [3.05, 3.63) is 51.5 Å². The monoisotopic (exact) mass is 372 g/mol. The number of benzene rings is 1. The first-order valence-electron chi connectivity index (χ1n) is 7.68. The first-order chi connectivity index (χ1) is 11.3. The molecule has 1 aliphatic rings. The Balaban J connectivity index is 1.81. The summed E-state index contributed by atoms with van der Waals surface area (Å²) < 4.78 is 55.7. The summed E-state index contributed by atoms with van der Waals surface area (Å²) in [6.07, 6.45) is 1.85. The van der Waals surface area contributed by atoms with Crippen LogP contribution in [0.2, 0.25) is 0 Å². The Bertz CT molecular complexity index is 825. The standard InChI is InChI=1S/C16H18F2N2O2S2/c1-11-14(23-10-19-11)6-9-24(21,22)20-16(7-3-8-16)15-12(17)4-2-5-13(15)18/h2,4-5,10,20H,3,6-9H2,1H3. The summed E-state index contributed by atoms with van der Waals surface area (Å²) in [6, 6.07) is 3.60. The molecule has 0 amide bonds. The zero-order chi connectivity index (χ0) is 17.4. The molecule has 2 aromatic rings. The van der Waals surface area contributed by atoms with E-state index in [0.29, 0.717) is 19.3 Å². The van der Waals surface area contributed by atoms with Gasteiger partial charge in [-0.1, -0.05) is 6.07 Å². The largest absolute Gasteiger partial charge is 0.250 e. The molecule has 1 aromatic carbocycles. The second-order valence-corrected chi connectivity index (χ2v) is 8.85. The number of nitrogens with one attached hydrogen (secondary N) is 1. The van der Waals surface area contributed by atoms with Gasteiger partial charge in [0.05, 0.1) is 22.5 Å². The van der Waals surface area contributed by atoms with Crippen molar-refractivity contribution in [1.82, 2.24) is 9.71 Å². The Hall–Kier alpha value is -1.38. The highest BCUT2D eigenvalue weighted by Crippen LogP contribution is 2.44. The fourth-order valence-corrected chi connectivity index (χ4v) is 5.42. The lowest BCUT2D eigenvalue weighted by molar-refractivity contribution is 0.209. The van der Waals surface area contributed by atoms with Crippen LogP contribution in [0.3, 0.4) is 0 Å². The highest BCUT2D eigenvalue weighted by Gasteiger charge is 2.45. The van der Waals surface area contributed by atoms with Crippen LogP contribution in [0.4, 0.5) is 8.78 Å². The minimum atomic E-state index is -3.68. The maximum atomic E-state index is 14.1. The van der Waals surface area contributed by atoms with Crippen molar-refractivity contribution in [3.8, 4) is 0 Å². The number of aryl methyl sites for hydroxylation is 2. The lowest BCUT2D eigenvalue weighted by Crippen LogP contribution is -2.52. The van der Waals surface area contributed by atoms with E-state index >= 15 is 0 Å². The van der Waals surface area contributed by atoms with Crippen molar-refractivity contribution in [1.29, 1.82) is 0 Å². The van der Waals surface area contributed by atoms with Crippen LogP contribution in [0.1, 0.15) is 35.4 Å². The van der Waals surface area contributed by atoms with Crippen LogP contribution in [-0.4, -0.2) is 19.2 Å². The zero-order valence-corrected chi connectivity index (χ0v) is 14.8. The molecule has 1 saturated carbocycles. The first-order valence-corrected chi connectivity index (χ1v) is 10.2. The molecule has 1 aliphatic carbocycles. The van der Waals surface area contributed by atoms with Gasteiger partial charge in [-0.3, -0.25) is 0 Å². The van der Waals surface area contributed by atoms with Crippen LogP contribution in [0.15, 0.2) is 23.7 Å². The third-order valence-corrected chi connectivity index (χ3v) is 6.88. The lowest BCUT2D eigenvalue weighted by Gasteiger charge is -2.42. The predicted molar refractivity (Wildman–Crippen MR) is 89.4 cm³/mol.